The highest BCUT2D eigenvalue weighted by Crippen LogP contribution is 2.16. The standard InChI is InChI=1S/C11H13ClO2/c1-2-8-3-9(5-10(13)4-8)6-11(14)7-12/h3-5,13H,2,6-7H2,1H3. The number of benzene rings is 1. The minimum absolute atomic E-state index is 0.0249. The maximum Gasteiger partial charge on any atom is 0.151 e. The summed E-state index contributed by atoms with van der Waals surface area (Å²) in [4.78, 5) is 11.1. The Morgan fingerprint density at radius 2 is 2.00 bits per heavy atom. The van der Waals surface area contributed by atoms with Crippen molar-refractivity contribution in [3.05, 3.63) is 29.3 Å². The highest BCUT2D eigenvalue weighted by atomic mass is 35.5. The van der Waals surface area contributed by atoms with Gasteiger partial charge in [0.15, 0.2) is 5.78 Å². The number of aromatic hydroxyl groups is 1. The average molecular weight is 213 g/mol. The molecule has 0 amide bonds. The molecule has 1 aromatic carbocycles. The summed E-state index contributed by atoms with van der Waals surface area (Å²) in [5.41, 5.74) is 1.86. The Hall–Kier alpha value is -1.02. The number of carbonyl (C=O) groups is 1. The van der Waals surface area contributed by atoms with Crippen molar-refractivity contribution in [2.24, 2.45) is 0 Å². The summed E-state index contributed by atoms with van der Waals surface area (Å²) < 4.78 is 0. The van der Waals surface area contributed by atoms with Gasteiger partial charge in [-0.3, -0.25) is 4.79 Å². The van der Waals surface area contributed by atoms with Gasteiger partial charge in [0.05, 0.1) is 5.88 Å². The van der Waals surface area contributed by atoms with Crippen LogP contribution in [0.15, 0.2) is 18.2 Å². The van der Waals surface area contributed by atoms with Crippen LogP contribution in [0, 0.1) is 0 Å². The normalized spacial score (nSPS) is 10.1. The van der Waals surface area contributed by atoms with Crippen LogP contribution in [-0.2, 0) is 17.6 Å². The third kappa shape index (κ3) is 3.04. The number of phenols is 1. The van der Waals surface area contributed by atoms with E-state index in [-0.39, 0.29) is 17.4 Å². The predicted octanol–water partition coefficient (Wildman–Crippen LogP) is 2.31. The van der Waals surface area contributed by atoms with Crippen molar-refractivity contribution >= 4 is 17.4 Å². The van der Waals surface area contributed by atoms with E-state index in [0.717, 1.165) is 17.5 Å². The molecule has 0 aliphatic heterocycles. The Morgan fingerprint density at radius 3 is 2.57 bits per heavy atom. The number of hydrogen-bond acceptors (Lipinski definition) is 2. The summed E-state index contributed by atoms with van der Waals surface area (Å²) in [5, 5.41) is 9.37. The summed E-state index contributed by atoms with van der Waals surface area (Å²) >= 11 is 5.40. The van der Waals surface area contributed by atoms with Crippen molar-refractivity contribution in [1.82, 2.24) is 0 Å². The fourth-order valence-corrected chi connectivity index (χ4v) is 1.42. The van der Waals surface area contributed by atoms with Crippen molar-refractivity contribution in [1.29, 1.82) is 0 Å². The number of carbonyl (C=O) groups excluding carboxylic acids is 1. The molecule has 0 bridgehead atoms. The number of rotatable bonds is 4. The number of alkyl halides is 1. The molecule has 3 heteroatoms. The molecule has 0 heterocycles. The van der Waals surface area contributed by atoms with Crippen molar-refractivity contribution in [3.8, 4) is 5.75 Å². The van der Waals surface area contributed by atoms with Gasteiger partial charge in [-0.2, -0.15) is 0 Å². The lowest BCUT2D eigenvalue weighted by Gasteiger charge is -2.03. The number of aryl methyl sites for hydroxylation is 1. The summed E-state index contributed by atoms with van der Waals surface area (Å²) in [6.07, 6.45) is 1.14. The summed E-state index contributed by atoms with van der Waals surface area (Å²) in [7, 11) is 0. The lowest BCUT2D eigenvalue weighted by atomic mass is 10.0. The van der Waals surface area contributed by atoms with Crippen LogP contribution in [0.3, 0.4) is 0 Å². The molecule has 76 valence electrons. The fraction of sp³-hybridized carbons (Fsp3) is 0.364. The van der Waals surface area contributed by atoms with E-state index in [1.54, 1.807) is 12.1 Å². The van der Waals surface area contributed by atoms with Crippen molar-refractivity contribution in [2.75, 3.05) is 5.88 Å². The quantitative estimate of drug-likeness (QED) is 0.778. The van der Waals surface area contributed by atoms with E-state index < -0.39 is 0 Å². The van der Waals surface area contributed by atoms with E-state index >= 15 is 0 Å². The fourth-order valence-electron chi connectivity index (χ4n) is 1.32. The minimum atomic E-state index is -0.0284. The highest BCUT2D eigenvalue weighted by Gasteiger charge is 2.04. The second-order valence-corrected chi connectivity index (χ2v) is 3.48. The van der Waals surface area contributed by atoms with E-state index in [1.807, 2.05) is 13.0 Å². The van der Waals surface area contributed by atoms with Gasteiger partial charge < -0.3 is 5.11 Å². The molecule has 1 N–H and O–H groups in total. The van der Waals surface area contributed by atoms with Crippen LogP contribution in [-0.4, -0.2) is 16.8 Å². The molecular formula is C11H13ClO2. The molecule has 0 aliphatic carbocycles. The van der Waals surface area contributed by atoms with Gasteiger partial charge >= 0.3 is 0 Å². The maximum absolute atomic E-state index is 11.1. The molecule has 0 saturated heterocycles. The van der Waals surface area contributed by atoms with Crippen LogP contribution in [0.4, 0.5) is 0 Å². The molecule has 0 saturated carbocycles. The third-order valence-electron chi connectivity index (χ3n) is 2.00. The van der Waals surface area contributed by atoms with Gasteiger partial charge in [0.1, 0.15) is 5.75 Å². The van der Waals surface area contributed by atoms with Crippen LogP contribution >= 0.6 is 11.6 Å². The van der Waals surface area contributed by atoms with Crippen molar-refractivity contribution in [2.45, 2.75) is 19.8 Å². The lowest BCUT2D eigenvalue weighted by molar-refractivity contribution is -0.116. The molecular weight excluding hydrogens is 200 g/mol. The van der Waals surface area contributed by atoms with Gasteiger partial charge in [0, 0.05) is 6.42 Å². The lowest BCUT2D eigenvalue weighted by Crippen LogP contribution is -2.03. The molecule has 0 aromatic heterocycles. The topological polar surface area (TPSA) is 37.3 Å². The van der Waals surface area contributed by atoms with E-state index in [2.05, 4.69) is 0 Å². The van der Waals surface area contributed by atoms with Crippen molar-refractivity contribution < 1.29 is 9.90 Å². The Bertz CT molecular complexity index is 334. The first-order valence-electron chi connectivity index (χ1n) is 4.55. The van der Waals surface area contributed by atoms with E-state index in [1.165, 1.54) is 0 Å². The second kappa shape index (κ2) is 5.01. The second-order valence-electron chi connectivity index (χ2n) is 3.21. The zero-order valence-corrected chi connectivity index (χ0v) is 8.84. The SMILES string of the molecule is CCc1cc(O)cc(CC(=O)CCl)c1. The first-order valence-corrected chi connectivity index (χ1v) is 5.08. The zero-order chi connectivity index (χ0) is 10.6. The van der Waals surface area contributed by atoms with Crippen molar-refractivity contribution in [3.63, 3.8) is 0 Å². The minimum Gasteiger partial charge on any atom is -0.508 e. The number of Topliss-reactive ketones (excluding diaryl/α,β-unsaturated/α-hetero) is 1. The molecule has 1 rings (SSSR count). The number of phenolic OH excluding ortho intramolecular Hbond substituents is 1. The molecule has 0 aliphatic rings. The summed E-state index contributed by atoms with van der Waals surface area (Å²) in [6.45, 7) is 2.00. The molecule has 0 unspecified atom stereocenters. The third-order valence-corrected chi connectivity index (χ3v) is 2.29. The molecule has 1 aromatic rings. The summed E-state index contributed by atoms with van der Waals surface area (Å²) in [6, 6.07) is 5.22. The van der Waals surface area contributed by atoms with Gasteiger partial charge in [0.2, 0.25) is 0 Å². The van der Waals surface area contributed by atoms with Gasteiger partial charge in [0.25, 0.3) is 0 Å². The van der Waals surface area contributed by atoms with Gasteiger partial charge in [-0.25, -0.2) is 0 Å². The smallest absolute Gasteiger partial charge is 0.151 e. The first kappa shape index (κ1) is 11.1. The van der Waals surface area contributed by atoms with Crippen LogP contribution in [0.2, 0.25) is 0 Å². The predicted molar refractivity (Wildman–Crippen MR) is 56.9 cm³/mol. The maximum atomic E-state index is 11.1. The number of hydrogen-bond donors (Lipinski definition) is 1. The molecule has 14 heavy (non-hydrogen) atoms. The first-order chi connectivity index (χ1) is 6.65. The Balaban J connectivity index is 2.86. The van der Waals surface area contributed by atoms with E-state index in [4.69, 9.17) is 11.6 Å². The number of halogens is 1. The Labute approximate surface area is 88.5 Å². The monoisotopic (exact) mass is 212 g/mol. The molecule has 0 radical (unpaired) electrons. The van der Waals surface area contributed by atoms with Crippen LogP contribution in [0.25, 0.3) is 0 Å². The van der Waals surface area contributed by atoms with Crippen LogP contribution < -0.4 is 0 Å². The molecule has 2 nitrogen and oxygen atoms in total. The van der Waals surface area contributed by atoms with Gasteiger partial charge in [-0.05, 0) is 29.7 Å². The number of ketones is 1. The molecule has 0 fully saturated rings. The van der Waals surface area contributed by atoms with E-state index in [0.29, 0.717) is 6.42 Å². The molecule has 0 spiro atoms. The Kier molecular flexibility index (Phi) is 3.96. The van der Waals surface area contributed by atoms with Gasteiger partial charge in [-0.1, -0.05) is 13.0 Å². The highest BCUT2D eigenvalue weighted by molar-refractivity contribution is 6.27. The zero-order valence-electron chi connectivity index (χ0n) is 8.09. The average Bonchev–Trinajstić information content (AvgIpc) is 2.16. The van der Waals surface area contributed by atoms with Gasteiger partial charge in [-0.15, -0.1) is 11.6 Å². The largest absolute Gasteiger partial charge is 0.508 e. The summed E-state index contributed by atoms with van der Waals surface area (Å²) in [5.74, 6) is 0.206. The van der Waals surface area contributed by atoms with Crippen LogP contribution in [0.1, 0.15) is 18.1 Å². The van der Waals surface area contributed by atoms with Crippen LogP contribution in [0.5, 0.6) is 5.75 Å². The molecule has 0 atom stereocenters. The Morgan fingerprint density at radius 1 is 1.36 bits per heavy atom. The van der Waals surface area contributed by atoms with E-state index in [9.17, 15) is 9.90 Å².